The van der Waals surface area contributed by atoms with Crippen molar-refractivity contribution in [3.63, 3.8) is 0 Å². The van der Waals surface area contributed by atoms with Gasteiger partial charge in [0.15, 0.2) is 0 Å². The number of hydrogen-bond donors (Lipinski definition) is 1. The molecule has 2 aromatic rings. The van der Waals surface area contributed by atoms with Gasteiger partial charge in [0.1, 0.15) is 5.65 Å². The Kier molecular flexibility index (Phi) is 3.46. The van der Waals surface area contributed by atoms with E-state index in [1.54, 1.807) is 16.7 Å². The van der Waals surface area contributed by atoms with Gasteiger partial charge in [-0.3, -0.25) is 18.9 Å². The summed E-state index contributed by atoms with van der Waals surface area (Å²) in [5.74, 6) is -0.451. The van der Waals surface area contributed by atoms with Gasteiger partial charge in [-0.25, -0.2) is 4.98 Å². The molecule has 6 nitrogen and oxygen atoms in total. The molecule has 2 fully saturated rings. The Labute approximate surface area is 139 Å². The highest BCUT2D eigenvalue weighted by Gasteiger charge is 2.54. The minimum Gasteiger partial charge on any atom is -0.481 e. The Hall–Kier alpha value is -2.21. The van der Waals surface area contributed by atoms with Gasteiger partial charge in [0.2, 0.25) is 0 Å². The van der Waals surface area contributed by atoms with Gasteiger partial charge in [0, 0.05) is 31.9 Å². The number of carbonyl (C=O) groups is 1. The number of hydrogen-bond acceptors (Lipinski definition) is 4. The van der Waals surface area contributed by atoms with Gasteiger partial charge in [-0.15, -0.1) is 0 Å². The lowest BCUT2D eigenvalue weighted by Crippen LogP contribution is -2.35. The predicted octanol–water partition coefficient (Wildman–Crippen LogP) is 1.69. The standard InChI is InChI=1S/C18H21N3O3/c1-12-4-3-7-21-15(22)8-14(19-16(12)21)10-20-9-13-5-2-6-18(13,11-20)17(23)24/h3-4,7-8,13H,2,5-6,9-11H2,1H3,(H,23,24)/t13-,18+/m0/s1. The minimum absolute atomic E-state index is 0.0916. The van der Waals surface area contributed by atoms with Crippen LogP contribution < -0.4 is 5.56 Å². The molecule has 0 spiro atoms. The monoisotopic (exact) mass is 327 g/mol. The molecule has 1 N–H and O–H groups in total. The van der Waals surface area contributed by atoms with Crippen LogP contribution in [0.2, 0.25) is 0 Å². The quantitative estimate of drug-likeness (QED) is 0.928. The molecular weight excluding hydrogens is 306 g/mol. The summed E-state index contributed by atoms with van der Waals surface area (Å²) in [6, 6.07) is 5.34. The number of pyridine rings is 1. The average molecular weight is 327 g/mol. The van der Waals surface area contributed by atoms with Crippen molar-refractivity contribution < 1.29 is 9.90 Å². The highest BCUT2D eigenvalue weighted by atomic mass is 16.4. The summed E-state index contributed by atoms with van der Waals surface area (Å²) in [6.07, 6.45) is 4.47. The molecule has 0 aromatic carbocycles. The van der Waals surface area contributed by atoms with Crippen LogP contribution in [-0.4, -0.2) is 38.4 Å². The van der Waals surface area contributed by atoms with E-state index in [1.807, 2.05) is 19.1 Å². The summed E-state index contributed by atoms with van der Waals surface area (Å²) >= 11 is 0. The molecule has 1 aliphatic heterocycles. The van der Waals surface area contributed by atoms with Crippen molar-refractivity contribution in [2.75, 3.05) is 13.1 Å². The smallest absolute Gasteiger partial charge is 0.311 e. The molecule has 0 bridgehead atoms. The van der Waals surface area contributed by atoms with Crippen molar-refractivity contribution in [3.05, 3.63) is 46.0 Å². The fourth-order valence-corrected chi connectivity index (χ4v) is 4.48. The first kappa shape index (κ1) is 15.3. The van der Waals surface area contributed by atoms with E-state index in [0.717, 1.165) is 37.1 Å². The van der Waals surface area contributed by atoms with Crippen molar-refractivity contribution in [2.45, 2.75) is 32.7 Å². The molecule has 2 aromatic heterocycles. The van der Waals surface area contributed by atoms with Crippen LogP contribution in [0.3, 0.4) is 0 Å². The number of likely N-dealkylation sites (tertiary alicyclic amines) is 1. The number of aliphatic carboxylic acids is 1. The van der Waals surface area contributed by atoms with Gasteiger partial charge in [-0.2, -0.15) is 0 Å². The Morgan fingerprint density at radius 2 is 2.33 bits per heavy atom. The molecule has 6 heteroatoms. The van der Waals surface area contributed by atoms with Crippen LogP contribution in [0, 0.1) is 18.3 Å². The van der Waals surface area contributed by atoms with E-state index >= 15 is 0 Å². The van der Waals surface area contributed by atoms with E-state index in [9.17, 15) is 14.7 Å². The van der Waals surface area contributed by atoms with Crippen LogP contribution in [0.25, 0.3) is 5.65 Å². The van der Waals surface area contributed by atoms with Gasteiger partial charge in [-0.1, -0.05) is 12.5 Å². The molecule has 126 valence electrons. The summed E-state index contributed by atoms with van der Waals surface area (Å²) < 4.78 is 1.55. The Morgan fingerprint density at radius 3 is 3.08 bits per heavy atom. The third kappa shape index (κ3) is 2.24. The second kappa shape index (κ2) is 5.41. The number of nitrogens with zero attached hydrogens (tertiary/aromatic N) is 3. The molecule has 1 aliphatic carbocycles. The van der Waals surface area contributed by atoms with E-state index in [2.05, 4.69) is 9.88 Å². The second-order valence-corrected chi connectivity index (χ2v) is 7.19. The number of carboxylic acid groups (broad SMARTS) is 1. The van der Waals surface area contributed by atoms with E-state index in [0.29, 0.717) is 18.7 Å². The van der Waals surface area contributed by atoms with Gasteiger partial charge in [0.05, 0.1) is 11.1 Å². The Balaban J connectivity index is 1.63. The molecule has 2 atom stereocenters. The van der Waals surface area contributed by atoms with Crippen LogP contribution >= 0.6 is 0 Å². The number of aromatic nitrogens is 2. The number of rotatable bonds is 3. The first-order chi connectivity index (χ1) is 11.5. The lowest BCUT2D eigenvalue weighted by molar-refractivity contribution is -0.149. The number of aryl methyl sites for hydroxylation is 1. The fourth-order valence-electron chi connectivity index (χ4n) is 4.48. The molecule has 2 aliphatic rings. The summed E-state index contributed by atoms with van der Waals surface area (Å²) in [4.78, 5) is 30.9. The number of fused-ring (bicyclic) bond motifs is 2. The summed E-state index contributed by atoms with van der Waals surface area (Å²) in [5.41, 5.74) is 1.66. The largest absolute Gasteiger partial charge is 0.481 e. The zero-order valence-corrected chi connectivity index (χ0v) is 13.7. The maximum atomic E-state index is 12.3. The predicted molar refractivity (Wildman–Crippen MR) is 88.9 cm³/mol. The van der Waals surface area contributed by atoms with Crippen molar-refractivity contribution in [1.82, 2.24) is 14.3 Å². The minimum atomic E-state index is -0.671. The molecular formula is C18H21N3O3. The zero-order chi connectivity index (χ0) is 16.9. The molecule has 0 amide bonds. The van der Waals surface area contributed by atoms with Crippen LogP contribution in [0.1, 0.15) is 30.5 Å². The van der Waals surface area contributed by atoms with Crippen molar-refractivity contribution in [1.29, 1.82) is 0 Å². The van der Waals surface area contributed by atoms with E-state index in [4.69, 9.17) is 0 Å². The molecule has 0 radical (unpaired) electrons. The molecule has 24 heavy (non-hydrogen) atoms. The Bertz CT molecular complexity index is 875. The van der Waals surface area contributed by atoms with E-state index in [-0.39, 0.29) is 11.5 Å². The normalized spacial score (nSPS) is 26.8. The van der Waals surface area contributed by atoms with Crippen molar-refractivity contribution >= 4 is 11.6 Å². The van der Waals surface area contributed by atoms with Crippen LogP contribution in [-0.2, 0) is 11.3 Å². The van der Waals surface area contributed by atoms with Crippen LogP contribution in [0.5, 0.6) is 0 Å². The maximum absolute atomic E-state index is 12.3. The lowest BCUT2D eigenvalue weighted by atomic mass is 9.81. The first-order valence-corrected chi connectivity index (χ1v) is 8.43. The molecule has 1 saturated heterocycles. The van der Waals surface area contributed by atoms with Crippen LogP contribution in [0.4, 0.5) is 0 Å². The third-order valence-corrected chi connectivity index (χ3v) is 5.69. The maximum Gasteiger partial charge on any atom is 0.311 e. The zero-order valence-electron chi connectivity index (χ0n) is 13.7. The molecule has 1 saturated carbocycles. The topological polar surface area (TPSA) is 74.9 Å². The average Bonchev–Trinajstić information content (AvgIpc) is 3.06. The van der Waals surface area contributed by atoms with E-state index < -0.39 is 11.4 Å². The summed E-state index contributed by atoms with van der Waals surface area (Å²) in [7, 11) is 0. The van der Waals surface area contributed by atoms with Gasteiger partial charge in [-0.05, 0) is 37.3 Å². The summed E-state index contributed by atoms with van der Waals surface area (Å²) in [6.45, 7) is 3.81. The molecule has 3 heterocycles. The van der Waals surface area contributed by atoms with Gasteiger partial charge < -0.3 is 5.11 Å². The molecule has 0 unspecified atom stereocenters. The first-order valence-electron chi connectivity index (χ1n) is 8.43. The highest BCUT2D eigenvalue weighted by molar-refractivity contribution is 5.76. The SMILES string of the molecule is Cc1cccn2c(=O)cc(CN3C[C@@H]4CCC[C@@]4(C(=O)O)C3)nc12. The van der Waals surface area contributed by atoms with Crippen LogP contribution in [0.15, 0.2) is 29.2 Å². The highest BCUT2D eigenvalue weighted by Crippen LogP contribution is 2.49. The summed E-state index contributed by atoms with van der Waals surface area (Å²) in [5, 5.41) is 9.68. The van der Waals surface area contributed by atoms with Crippen molar-refractivity contribution in [2.24, 2.45) is 11.3 Å². The van der Waals surface area contributed by atoms with Crippen molar-refractivity contribution in [3.8, 4) is 0 Å². The molecule has 4 rings (SSSR count). The fraction of sp³-hybridized carbons (Fsp3) is 0.500. The van der Waals surface area contributed by atoms with Gasteiger partial charge >= 0.3 is 5.97 Å². The third-order valence-electron chi connectivity index (χ3n) is 5.69. The number of carboxylic acids is 1. The van der Waals surface area contributed by atoms with E-state index in [1.165, 1.54) is 0 Å². The Morgan fingerprint density at radius 1 is 1.50 bits per heavy atom. The second-order valence-electron chi connectivity index (χ2n) is 7.19. The lowest BCUT2D eigenvalue weighted by Gasteiger charge is -2.23. The van der Waals surface area contributed by atoms with Gasteiger partial charge in [0.25, 0.3) is 5.56 Å².